The molecule has 9 heteroatoms. The number of fused-ring (bicyclic) bond motifs is 1. The third kappa shape index (κ3) is 4.32. The minimum atomic E-state index is -4.59. The maximum atomic E-state index is 14.5. The quantitative estimate of drug-likeness (QED) is 0.371. The summed E-state index contributed by atoms with van der Waals surface area (Å²) < 4.78 is 55.8. The van der Waals surface area contributed by atoms with E-state index in [0.717, 1.165) is 32.9 Å². The Morgan fingerprint density at radius 3 is 2.39 bits per heavy atom. The van der Waals surface area contributed by atoms with Crippen molar-refractivity contribution in [1.29, 1.82) is 0 Å². The first-order valence-corrected chi connectivity index (χ1v) is 9.90. The normalized spacial score (nSPS) is 11.6. The predicted molar refractivity (Wildman–Crippen MR) is 114 cm³/mol. The van der Waals surface area contributed by atoms with Gasteiger partial charge >= 0.3 is 6.18 Å². The zero-order chi connectivity index (χ0) is 22.2. The van der Waals surface area contributed by atoms with E-state index in [1.54, 1.807) is 6.07 Å². The molecule has 4 rings (SSSR count). The van der Waals surface area contributed by atoms with Crippen molar-refractivity contribution in [3.8, 4) is 11.4 Å². The number of halogens is 5. The van der Waals surface area contributed by atoms with Crippen LogP contribution in [0.2, 0.25) is 0 Å². The molecule has 0 fully saturated rings. The highest BCUT2D eigenvalue weighted by Crippen LogP contribution is 2.31. The molecule has 3 aromatic carbocycles. The lowest BCUT2D eigenvalue weighted by Crippen LogP contribution is -2.31. The molecule has 0 bridgehead atoms. The van der Waals surface area contributed by atoms with Crippen molar-refractivity contribution < 1.29 is 17.6 Å². The van der Waals surface area contributed by atoms with Gasteiger partial charge in [0.15, 0.2) is 5.82 Å². The van der Waals surface area contributed by atoms with Crippen LogP contribution in [0.3, 0.4) is 0 Å². The van der Waals surface area contributed by atoms with E-state index < -0.39 is 23.1 Å². The number of benzene rings is 3. The molecule has 0 radical (unpaired) electrons. The highest BCUT2D eigenvalue weighted by molar-refractivity contribution is 9.10. The second-order valence-electron chi connectivity index (χ2n) is 6.75. The van der Waals surface area contributed by atoms with Crippen LogP contribution in [0.4, 0.5) is 17.6 Å². The van der Waals surface area contributed by atoms with Crippen molar-refractivity contribution in [2.45, 2.75) is 12.7 Å². The van der Waals surface area contributed by atoms with Crippen LogP contribution >= 0.6 is 15.9 Å². The van der Waals surface area contributed by atoms with Gasteiger partial charge in [-0.15, -0.1) is 0 Å². The van der Waals surface area contributed by atoms with Gasteiger partial charge in [0.2, 0.25) is 0 Å². The highest BCUT2D eigenvalue weighted by atomic mass is 79.9. The second-order valence-corrected chi connectivity index (χ2v) is 7.66. The lowest BCUT2D eigenvalue weighted by atomic mass is 10.1. The van der Waals surface area contributed by atoms with Gasteiger partial charge in [0.1, 0.15) is 5.82 Å². The molecule has 4 aromatic rings. The van der Waals surface area contributed by atoms with Gasteiger partial charge in [0.25, 0.3) is 5.56 Å². The summed E-state index contributed by atoms with van der Waals surface area (Å²) in [5, 5.41) is -0.0172. The van der Waals surface area contributed by atoms with E-state index in [1.165, 1.54) is 18.2 Å². The maximum Gasteiger partial charge on any atom is 0.416 e. The van der Waals surface area contributed by atoms with Gasteiger partial charge in [-0.1, -0.05) is 40.2 Å². The Hall–Kier alpha value is -3.20. The number of nitrogens with zero attached hydrogens (tertiary/aromatic N) is 2. The molecule has 31 heavy (non-hydrogen) atoms. The molecule has 1 N–H and O–H groups in total. The van der Waals surface area contributed by atoms with Gasteiger partial charge in [-0.05, 0) is 48.0 Å². The third-order valence-electron chi connectivity index (χ3n) is 4.67. The summed E-state index contributed by atoms with van der Waals surface area (Å²) in [6.07, 6.45) is -4.59. The molecule has 1 heterocycles. The van der Waals surface area contributed by atoms with E-state index in [9.17, 15) is 22.4 Å². The SMILES string of the molecule is O=c1c2ccc(C(F)(F)F)cc2nc(-c2ccccc2F)n1NCc1ccc(Br)cc1. The largest absolute Gasteiger partial charge is 0.416 e. The molecule has 0 saturated heterocycles. The molecule has 0 aliphatic rings. The van der Waals surface area contributed by atoms with Crippen LogP contribution in [0.25, 0.3) is 22.3 Å². The van der Waals surface area contributed by atoms with Crippen LogP contribution in [0, 0.1) is 5.82 Å². The summed E-state index contributed by atoms with van der Waals surface area (Å²) in [7, 11) is 0. The van der Waals surface area contributed by atoms with E-state index in [1.807, 2.05) is 24.3 Å². The van der Waals surface area contributed by atoms with Crippen LogP contribution in [-0.4, -0.2) is 9.66 Å². The first-order chi connectivity index (χ1) is 14.7. The van der Waals surface area contributed by atoms with Crippen LogP contribution in [0.1, 0.15) is 11.1 Å². The van der Waals surface area contributed by atoms with Crippen LogP contribution in [0.15, 0.2) is 76.0 Å². The highest BCUT2D eigenvalue weighted by Gasteiger charge is 2.31. The van der Waals surface area contributed by atoms with Gasteiger partial charge in [0, 0.05) is 4.47 Å². The average molecular weight is 492 g/mol. The van der Waals surface area contributed by atoms with Crippen LogP contribution in [-0.2, 0) is 12.7 Å². The van der Waals surface area contributed by atoms with E-state index >= 15 is 0 Å². The fraction of sp³-hybridized carbons (Fsp3) is 0.0909. The van der Waals surface area contributed by atoms with Crippen molar-refractivity contribution in [3.63, 3.8) is 0 Å². The molecule has 0 spiro atoms. The maximum absolute atomic E-state index is 14.5. The standard InChI is InChI=1S/C22H14BrF4N3O/c23-15-8-5-13(6-9-15)12-28-30-20(16-3-1-2-4-18(16)24)29-19-11-14(22(25,26)27)7-10-17(19)21(30)31/h1-11,28H,12H2. The smallest absolute Gasteiger partial charge is 0.317 e. The number of hydrogen-bond donors (Lipinski definition) is 1. The molecule has 0 aliphatic heterocycles. The Balaban J connectivity index is 1.89. The van der Waals surface area contributed by atoms with Crippen molar-refractivity contribution in [1.82, 2.24) is 9.66 Å². The number of hydrogen-bond acceptors (Lipinski definition) is 3. The summed E-state index contributed by atoms with van der Waals surface area (Å²) in [5.41, 5.74) is 2.01. The number of aromatic nitrogens is 2. The fourth-order valence-corrected chi connectivity index (χ4v) is 3.37. The van der Waals surface area contributed by atoms with E-state index in [-0.39, 0.29) is 28.8 Å². The van der Waals surface area contributed by atoms with Gasteiger partial charge in [0.05, 0.1) is 28.6 Å². The van der Waals surface area contributed by atoms with Gasteiger partial charge < -0.3 is 5.43 Å². The Labute approximate surface area is 182 Å². The molecular weight excluding hydrogens is 478 g/mol. The summed E-state index contributed by atoms with van der Waals surface area (Å²) in [5.74, 6) is -0.771. The molecule has 158 valence electrons. The number of rotatable bonds is 4. The molecular formula is C22H14BrF4N3O. The minimum Gasteiger partial charge on any atom is -0.317 e. The van der Waals surface area contributed by atoms with E-state index in [4.69, 9.17) is 0 Å². The Morgan fingerprint density at radius 2 is 1.71 bits per heavy atom. The van der Waals surface area contributed by atoms with Gasteiger partial charge in [-0.25, -0.2) is 14.1 Å². The second kappa shape index (κ2) is 8.14. The monoisotopic (exact) mass is 491 g/mol. The van der Waals surface area contributed by atoms with E-state index in [2.05, 4.69) is 26.3 Å². The summed E-state index contributed by atoms with van der Waals surface area (Å²) in [6.45, 7) is 0.211. The van der Waals surface area contributed by atoms with Crippen LogP contribution in [0.5, 0.6) is 0 Å². The molecule has 0 amide bonds. The zero-order valence-electron chi connectivity index (χ0n) is 15.8. The van der Waals surface area contributed by atoms with Crippen LogP contribution < -0.4 is 11.0 Å². The molecule has 0 saturated carbocycles. The first-order valence-electron chi connectivity index (χ1n) is 9.11. The zero-order valence-corrected chi connectivity index (χ0v) is 17.3. The Bertz CT molecular complexity index is 1320. The van der Waals surface area contributed by atoms with Crippen molar-refractivity contribution >= 4 is 26.8 Å². The fourth-order valence-electron chi connectivity index (χ4n) is 3.10. The minimum absolute atomic E-state index is 0.0118. The van der Waals surface area contributed by atoms with E-state index in [0.29, 0.717) is 0 Å². The molecule has 0 aliphatic carbocycles. The lowest BCUT2D eigenvalue weighted by molar-refractivity contribution is -0.137. The summed E-state index contributed by atoms with van der Waals surface area (Å²) >= 11 is 3.34. The van der Waals surface area contributed by atoms with Gasteiger partial charge in [-0.2, -0.15) is 13.2 Å². The van der Waals surface area contributed by atoms with Gasteiger partial charge in [-0.3, -0.25) is 4.79 Å². The average Bonchev–Trinajstić information content (AvgIpc) is 2.73. The topological polar surface area (TPSA) is 46.9 Å². The predicted octanol–water partition coefficient (Wildman–Crippen LogP) is 5.73. The molecule has 1 aromatic heterocycles. The van der Waals surface area contributed by atoms with Crippen molar-refractivity contribution in [2.24, 2.45) is 0 Å². The Kier molecular flexibility index (Phi) is 5.53. The van der Waals surface area contributed by atoms with Crippen molar-refractivity contribution in [3.05, 3.63) is 98.5 Å². The van der Waals surface area contributed by atoms with Crippen molar-refractivity contribution in [2.75, 3.05) is 5.43 Å². The Morgan fingerprint density at radius 1 is 1.00 bits per heavy atom. The lowest BCUT2D eigenvalue weighted by Gasteiger charge is -2.17. The summed E-state index contributed by atoms with van der Waals surface area (Å²) in [6, 6.07) is 15.6. The first kappa shape index (κ1) is 21.0. The number of alkyl halides is 3. The third-order valence-corrected chi connectivity index (χ3v) is 5.19. The molecule has 0 atom stereocenters. The molecule has 0 unspecified atom stereocenters. The number of nitrogens with one attached hydrogen (secondary N) is 1. The molecule has 4 nitrogen and oxygen atoms in total. The summed E-state index contributed by atoms with van der Waals surface area (Å²) in [4.78, 5) is 17.3.